The molecule has 0 aromatic carbocycles. The molecule has 0 saturated carbocycles. The van der Waals surface area contributed by atoms with Crippen molar-refractivity contribution >= 4 is 0 Å². The molecule has 99 valence electrons. The number of hydrogen-bond acceptors (Lipinski definition) is 4. The molecule has 1 aliphatic heterocycles. The second kappa shape index (κ2) is 11.6. The van der Waals surface area contributed by atoms with Gasteiger partial charge in [-0.3, -0.25) is 0 Å². The van der Waals surface area contributed by atoms with Crippen molar-refractivity contribution in [2.45, 2.75) is 25.7 Å². The summed E-state index contributed by atoms with van der Waals surface area (Å²) < 4.78 is 2.44. The minimum atomic E-state index is 1.15. The first-order chi connectivity index (χ1) is 8.39. The number of hydrogen-bond donors (Lipinski definition) is 3. The first-order valence-corrected chi connectivity index (χ1v) is 7.68. The summed E-state index contributed by atoms with van der Waals surface area (Å²) in [6.45, 7) is 9.32. The van der Waals surface area contributed by atoms with E-state index in [0.717, 1.165) is 39.3 Å². The van der Waals surface area contributed by atoms with E-state index in [4.69, 9.17) is 0 Å². The van der Waals surface area contributed by atoms with Crippen molar-refractivity contribution in [2.24, 2.45) is 0 Å². The molecule has 1 fully saturated rings. The summed E-state index contributed by atoms with van der Waals surface area (Å²) in [6.07, 6.45) is 5.00. The van der Waals surface area contributed by atoms with Gasteiger partial charge < -0.3 is 0 Å². The van der Waals surface area contributed by atoms with E-state index < -0.39 is 0 Å². The predicted molar refractivity (Wildman–Crippen MR) is 68.7 cm³/mol. The summed E-state index contributed by atoms with van der Waals surface area (Å²) in [4.78, 5) is 0. The van der Waals surface area contributed by atoms with E-state index >= 15 is 0 Å². The molecule has 1 saturated heterocycles. The molecule has 0 amide bonds. The van der Waals surface area contributed by atoms with Gasteiger partial charge in [0, 0.05) is 0 Å². The van der Waals surface area contributed by atoms with Crippen LogP contribution in [0.2, 0.25) is 0 Å². The van der Waals surface area contributed by atoms with Crippen molar-refractivity contribution in [3.63, 3.8) is 0 Å². The van der Waals surface area contributed by atoms with Crippen molar-refractivity contribution in [3.05, 3.63) is 0 Å². The normalized spacial score (nSPS) is 24.4. The molecule has 0 bridgehead atoms. The molecule has 0 unspecified atom stereocenters. The van der Waals surface area contributed by atoms with Crippen molar-refractivity contribution < 1.29 is 20.7 Å². The molecule has 0 spiro atoms. The van der Waals surface area contributed by atoms with Crippen molar-refractivity contribution in [1.29, 1.82) is 0 Å². The Balaban J connectivity index is 2.09. The van der Waals surface area contributed by atoms with Crippen LogP contribution < -0.4 is 16.0 Å². The second-order valence-electron chi connectivity index (χ2n) is 4.65. The summed E-state index contributed by atoms with van der Waals surface area (Å²) in [6, 6.07) is 0. The Hall–Kier alpha value is 0.554. The average molecular weight is 275 g/mol. The summed E-state index contributed by atoms with van der Waals surface area (Å²) in [5.74, 6) is 0. The van der Waals surface area contributed by atoms with Gasteiger partial charge in [0.2, 0.25) is 0 Å². The van der Waals surface area contributed by atoms with E-state index in [0.29, 0.717) is 0 Å². The maximum absolute atomic E-state index is 3.51. The fraction of sp³-hybridized carbons (Fsp3) is 1.00. The van der Waals surface area contributed by atoms with Crippen LogP contribution in [0.15, 0.2) is 0 Å². The molecule has 0 atom stereocenters. The Morgan fingerprint density at radius 1 is 0.588 bits per heavy atom. The second-order valence-corrected chi connectivity index (χ2v) is 5.64. The Morgan fingerprint density at radius 2 is 0.941 bits per heavy atom. The minimum absolute atomic E-state index is 1.15. The fourth-order valence-corrected chi connectivity index (χ4v) is 2.45. The molecule has 4 nitrogen and oxygen atoms in total. The van der Waals surface area contributed by atoms with Gasteiger partial charge in [0.15, 0.2) is 0 Å². The van der Waals surface area contributed by atoms with Crippen LogP contribution >= 0.6 is 0 Å². The zero-order valence-corrected chi connectivity index (χ0v) is 12.5. The van der Waals surface area contributed by atoms with E-state index in [1.165, 1.54) is 38.8 Å². The van der Waals surface area contributed by atoms with E-state index in [-0.39, 0.29) is 0 Å². The zero-order valence-electron chi connectivity index (χ0n) is 10.9. The first kappa shape index (κ1) is 15.6. The summed E-state index contributed by atoms with van der Waals surface area (Å²) in [5.41, 5.74) is 0. The SMILES string of the molecule is [Ti][N]1CCCNCCCNCCCNCCC1. The molecular formula is C12H27N4Ti. The van der Waals surface area contributed by atoms with Crippen LogP contribution in [-0.2, 0) is 20.7 Å². The summed E-state index contributed by atoms with van der Waals surface area (Å²) >= 11 is 2.23. The van der Waals surface area contributed by atoms with Gasteiger partial charge in [-0.1, -0.05) is 0 Å². The third-order valence-corrected chi connectivity index (χ3v) is 3.68. The Bertz CT molecular complexity index is 153. The fourth-order valence-electron chi connectivity index (χ4n) is 1.95. The van der Waals surface area contributed by atoms with Crippen LogP contribution in [0.4, 0.5) is 0 Å². The molecule has 1 aliphatic rings. The van der Waals surface area contributed by atoms with Gasteiger partial charge >= 0.3 is 118 Å². The molecular weight excluding hydrogens is 248 g/mol. The van der Waals surface area contributed by atoms with Crippen molar-refractivity contribution in [1.82, 2.24) is 19.3 Å². The van der Waals surface area contributed by atoms with Gasteiger partial charge in [-0.25, -0.2) is 0 Å². The van der Waals surface area contributed by atoms with Crippen LogP contribution in [0.3, 0.4) is 0 Å². The number of nitrogens with zero attached hydrogens (tertiary/aromatic N) is 1. The topological polar surface area (TPSA) is 39.3 Å². The van der Waals surface area contributed by atoms with Crippen molar-refractivity contribution in [3.8, 4) is 0 Å². The molecule has 0 aromatic heterocycles. The van der Waals surface area contributed by atoms with Crippen molar-refractivity contribution in [2.75, 3.05) is 52.4 Å². The molecule has 5 heteroatoms. The standard InChI is InChI=1S/C12H27N4.Ti/c1-5-13-7-2-9-15-11-4-12-16-10-3-8-14-6-1;/h13-15H,1-12H2;/q-1;+1. The Kier molecular flexibility index (Phi) is 10.7. The monoisotopic (exact) mass is 275 g/mol. The van der Waals surface area contributed by atoms with E-state index in [1.807, 2.05) is 0 Å². The summed E-state index contributed by atoms with van der Waals surface area (Å²) in [7, 11) is 0. The third-order valence-electron chi connectivity index (χ3n) is 2.98. The van der Waals surface area contributed by atoms with Crippen LogP contribution in [-0.4, -0.2) is 55.7 Å². The van der Waals surface area contributed by atoms with Gasteiger partial charge in [0.1, 0.15) is 0 Å². The maximum atomic E-state index is 3.51. The van der Waals surface area contributed by atoms with Crippen LogP contribution in [0.5, 0.6) is 0 Å². The summed E-state index contributed by atoms with van der Waals surface area (Å²) in [5, 5.41) is 10.5. The van der Waals surface area contributed by atoms with E-state index in [2.05, 4.69) is 40.0 Å². The van der Waals surface area contributed by atoms with Gasteiger partial charge in [0.05, 0.1) is 0 Å². The Morgan fingerprint density at radius 3 is 1.35 bits per heavy atom. The molecule has 0 aliphatic carbocycles. The number of rotatable bonds is 0. The van der Waals surface area contributed by atoms with E-state index in [9.17, 15) is 0 Å². The molecule has 1 heterocycles. The molecule has 17 heavy (non-hydrogen) atoms. The first-order valence-electron chi connectivity index (χ1n) is 6.98. The van der Waals surface area contributed by atoms with Gasteiger partial charge in [-0.2, -0.15) is 0 Å². The number of nitrogens with one attached hydrogen (secondary N) is 3. The average Bonchev–Trinajstić information content (AvgIpc) is 2.32. The van der Waals surface area contributed by atoms with Gasteiger partial charge in [-0.05, 0) is 0 Å². The Labute approximate surface area is 118 Å². The predicted octanol–water partition coefficient (Wildman–Crippen LogP) is 0.0930. The van der Waals surface area contributed by atoms with Crippen LogP contribution in [0.25, 0.3) is 0 Å². The molecule has 3 N–H and O–H groups in total. The molecule has 0 radical (unpaired) electrons. The molecule has 0 aromatic rings. The van der Waals surface area contributed by atoms with E-state index in [1.54, 1.807) is 0 Å². The van der Waals surface area contributed by atoms with Gasteiger partial charge in [0.25, 0.3) is 0 Å². The van der Waals surface area contributed by atoms with Crippen LogP contribution in [0, 0.1) is 0 Å². The quantitative estimate of drug-likeness (QED) is 0.548. The van der Waals surface area contributed by atoms with Crippen LogP contribution in [0.1, 0.15) is 25.7 Å². The molecule has 1 rings (SSSR count). The zero-order chi connectivity index (χ0) is 12.2. The van der Waals surface area contributed by atoms with Gasteiger partial charge in [-0.15, -0.1) is 0 Å². The third kappa shape index (κ3) is 10.2.